The zero-order valence-corrected chi connectivity index (χ0v) is 14.9. The van der Waals surface area contributed by atoms with Gasteiger partial charge in [-0.1, -0.05) is 32.9 Å². The van der Waals surface area contributed by atoms with E-state index in [1.165, 1.54) is 0 Å². The standard InChI is InChI=1S/C16H28O4Si/c1-16(2,3)21(5,6)20-11-14(17)15(18)12-7-9-13(19-4)10-8-12/h7-10,14-15,17-18H,11H2,1-6H3/t14-,15-/m0/s1. The summed E-state index contributed by atoms with van der Waals surface area (Å²) in [5.41, 5.74) is 0.655. The number of hydrogen-bond donors (Lipinski definition) is 2. The summed E-state index contributed by atoms with van der Waals surface area (Å²) in [6.45, 7) is 10.8. The second-order valence-electron chi connectivity index (χ2n) is 6.86. The van der Waals surface area contributed by atoms with Gasteiger partial charge in [-0.05, 0) is 35.8 Å². The highest BCUT2D eigenvalue weighted by Gasteiger charge is 2.38. The Hall–Kier alpha value is -0.883. The topological polar surface area (TPSA) is 58.9 Å². The highest BCUT2D eigenvalue weighted by Crippen LogP contribution is 2.36. The molecule has 1 aromatic carbocycles. The molecule has 0 unspecified atom stereocenters. The van der Waals surface area contributed by atoms with Crippen molar-refractivity contribution in [1.82, 2.24) is 0 Å². The minimum Gasteiger partial charge on any atom is -0.497 e. The Balaban J connectivity index is 2.64. The summed E-state index contributed by atoms with van der Waals surface area (Å²) in [4.78, 5) is 0. The van der Waals surface area contributed by atoms with Crippen LogP contribution in [0.25, 0.3) is 0 Å². The van der Waals surface area contributed by atoms with Crippen LogP contribution in [0, 0.1) is 0 Å². The molecule has 0 heterocycles. The minimum absolute atomic E-state index is 0.0811. The van der Waals surface area contributed by atoms with Crippen LogP contribution in [-0.2, 0) is 4.43 Å². The fourth-order valence-corrected chi connectivity index (χ4v) is 2.65. The lowest BCUT2D eigenvalue weighted by Gasteiger charge is -2.37. The third-order valence-electron chi connectivity index (χ3n) is 4.24. The quantitative estimate of drug-likeness (QED) is 0.792. The predicted octanol–water partition coefficient (Wildman–Crippen LogP) is 3.11. The molecule has 0 radical (unpaired) electrons. The number of ether oxygens (including phenoxy) is 1. The fraction of sp³-hybridized carbons (Fsp3) is 0.625. The zero-order chi connectivity index (χ0) is 16.3. The second kappa shape index (κ2) is 6.92. The lowest BCUT2D eigenvalue weighted by molar-refractivity contribution is -0.0121. The summed E-state index contributed by atoms with van der Waals surface area (Å²) in [6, 6.07) is 7.03. The lowest BCUT2D eigenvalue weighted by atomic mass is 10.1. The van der Waals surface area contributed by atoms with Crippen molar-refractivity contribution < 1.29 is 19.4 Å². The van der Waals surface area contributed by atoms with E-state index in [2.05, 4.69) is 33.9 Å². The van der Waals surface area contributed by atoms with E-state index in [1.807, 2.05) is 0 Å². The molecule has 5 heteroatoms. The number of aliphatic hydroxyl groups is 2. The largest absolute Gasteiger partial charge is 0.497 e. The first kappa shape index (κ1) is 18.2. The van der Waals surface area contributed by atoms with Crippen LogP contribution >= 0.6 is 0 Å². The third-order valence-corrected chi connectivity index (χ3v) is 8.74. The number of aliphatic hydroxyl groups excluding tert-OH is 2. The maximum atomic E-state index is 10.2. The summed E-state index contributed by atoms with van der Waals surface area (Å²) < 4.78 is 11.0. The maximum Gasteiger partial charge on any atom is 0.192 e. The number of methoxy groups -OCH3 is 1. The van der Waals surface area contributed by atoms with Gasteiger partial charge in [0.2, 0.25) is 0 Å². The van der Waals surface area contributed by atoms with Crippen LogP contribution in [0.2, 0.25) is 18.1 Å². The third kappa shape index (κ3) is 4.81. The zero-order valence-electron chi connectivity index (χ0n) is 13.9. The molecule has 1 aromatic rings. The van der Waals surface area contributed by atoms with E-state index in [0.29, 0.717) is 5.56 Å². The number of benzene rings is 1. The molecule has 0 saturated carbocycles. The first-order valence-corrected chi connectivity index (χ1v) is 10.1. The molecule has 0 spiro atoms. The van der Waals surface area contributed by atoms with Gasteiger partial charge in [0.05, 0.1) is 13.7 Å². The molecule has 0 amide bonds. The van der Waals surface area contributed by atoms with Gasteiger partial charge in [-0.25, -0.2) is 0 Å². The van der Waals surface area contributed by atoms with E-state index in [0.717, 1.165) is 5.75 Å². The van der Waals surface area contributed by atoms with Gasteiger partial charge in [-0.15, -0.1) is 0 Å². The molecule has 0 aliphatic heterocycles. The highest BCUT2D eigenvalue weighted by atomic mass is 28.4. The fourth-order valence-electron chi connectivity index (χ4n) is 1.62. The van der Waals surface area contributed by atoms with E-state index in [1.54, 1.807) is 31.4 Å². The molecule has 4 nitrogen and oxygen atoms in total. The average molecular weight is 312 g/mol. The molecule has 2 N–H and O–H groups in total. The van der Waals surface area contributed by atoms with Crippen LogP contribution in [0.1, 0.15) is 32.4 Å². The molecule has 1 rings (SSSR count). The monoisotopic (exact) mass is 312 g/mol. The molecule has 0 aliphatic rings. The van der Waals surface area contributed by atoms with Gasteiger partial charge >= 0.3 is 0 Å². The molecule has 0 aliphatic carbocycles. The summed E-state index contributed by atoms with van der Waals surface area (Å²) in [7, 11) is -0.330. The van der Waals surface area contributed by atoms with Gasteiger partial charge in [0.1, 0.15) is 18.0 Å². The van der Waals surface area contributed by atoms with Crippen molar-refractivity contribution >= 4 is 8.32 Å². The Kier molecular flexibility index (Phi) is 5.98. The van der Waals surface area contributed by atoms with Crippen LogP contribution in [0.4, 0.5) is 0 Å². The first-order valence-electron chi connectivity index (χ1n) is 7.22. The van der Waals surface area contributed by atoms with Gasteiger partial charge in [0.25, 0.3) is 0 Å². The molecule has 0 aromatic heterocycles. The summed E-state index contributed by atoms with van der Waals surface area (Å²) in [5.74, 6) is 0.720. The van der Waals surface area contributed by atoms with E-state index in [9.17, 15) is 10.2 Å². The Morgan fingerprint density at radius 2 is 1.62 bits per heavy atom. The molecular weight excluding hydrogens is 284 g/mol. The Bertz CT molecular complexity index is 437. The molecule has 21 heavy (non-hydrogen) atoms. The van der Waals surface area contributed by atoms with Gasteiger partial charge in [0, 0.05) is 0 Å². The first-order chi connectivity index (χ1) is 9.58. The number of rotatable bonds is 6. The Morgan fingerprint density at radius 1 is 1.10 bits per heavy atom. The highest BCUT2D eigenvalue weighted by molar-refractivity contribution is 6.74. The van der Waals surface area contributed by atoms with Gasteiger partial charge in [0.15, 0.2) is 8.32 Å². The molecule has 0 bridgehead atoms. The Morgan fingerprint density at radius 3 is 2.05 bits per heavy atom. The number of hydrogen-bond acceptors (Lipinski definition) is 4. The molecule has 0 fully saturated rings. The molecular formula is C16H28O4Si. The van der Waals surface area contributed by atoms with Gasteiger partial charge in [-0.3, -0.25) is 0 Å². The van der Waals surface area contributed by atoms with Crippen molar-refractivity contribution in [3.8, 4) is 5.75 Å². The van der Waals surface area contributed by atoms with E-state index in [4.69, 9.17) is 9.16 Å². The van der Waals surface area contributed by atoms with Crippen LogP contribution in [0.3, 0.4) is 0 Å². The lowest BCUT2D eigenvalue weighted by Crippen LogP contribution is -2.43. The van der Waals surface area contributed by atoms with Crippen molar-refractivity contribution in [1.29, 1.82) is 0 Å². The predicted molar refractivity (Wildman–Crippen MR) is 87.1 cm³/mol. The average Bonchev–Trinajstić information content (AvgIpc) is 2.43. The van der Waals surface area contributed by atoms with Crippen LogP contribution in [0.15, 0.2) is 24.3 Å². The van der Waals surface area contributed by atoms with Crippen molar-refractivity contribution in [2.45, 2.75) is 51.1 Å². The SMILES string of the molecule is COc1ccc([C@H](O)[C@@H](O)CO[Si](C)(C)C(C)(C)C)cc1. The van der Waals surface area contributed by atoms with Crippen LogP contribution in [0.5, 0.6) is 5.75 Å². The van der Waals surface area contributed by atoms with Crippen molar-refractivity contribution in [3.05, 3.63) is 29.8 Å². The smallest absolute Gasteiger partial charge is 0.192 e. The minimum atomic E-state index is -1.92. The molecule has 2 atom stereocenters. The van der Waals surface area contributed by atoms with E-state index < -0.39 is 20.5 Å². The van der Waals surface area contributed by atoms with E-state index in [-0.39, 0.29) is 11.6 Å². The van der Waals surface area contributed by atoms with Gasteiger partial charge < -0.3 is 19.4 Å². The van der Waals surface area contributed by atoms with Crippen molar-refractivity contribution in [3.63, 3.8) is 0 Å². The second-order valence-corrected chi connectivity index (χ2v) is 11.7. The van der Waals surface area contributed by atoms with Crippen LogP contribution < -0.4 is 4.74 Å². The summed E-state index contributed by atoms with van der Waals surface area (Å²) in [6.07, 6.45) is -1.90. The van der Waals surface area contributed by atoms with Crippen molar-refractivity contribution in [2.24, 2.45) is 0 Å². The van der Waals surface area contributed by atoms with Crippen molar-refractivity contribution in [2.75, 3.05) is 13.7 Å². The maximum absolute atomic E-state index is 10.2. The normalized spacial score (nSPS) is 15.6. The molecule has 120 valence electrons. The van der Waals surface area contributed by atoms with E-state index >= 15 is 0 Å². The molecule has 0 saturated heterocycles. The van der Waals surface area contributed by atoms with Gasteiger partial charge in [-0.2, -0.15) is 0 Å². The van der Waals surface area contributed by atoms with Crippen LogP contribution in [-0.4, -0.2) is 38.4 Å². The summed E-state index contributed by atoms with van der Waals surface area (Å²) in [5, 5.41) is 20.4. The Labute approximate surface area is 128 Å². The summed E-state index contributed by atoms with van der Waals surface area (Å²) >= 11 is 0.